The van der Waals surface area contributed by atoms with Crippen LogP contribution in [0.4, 0.5) is 0 Å². The monoisotopic (exact) mass is 498 g/mol. The fourth-order valence-corrected chi connectivity index (χ4v) is 4.33. The average molecular weight is 499 g/mol. The van der Waals surface area contributed by atoms with Gasteiger partial charge < -0.3 is 4.74 Å². The first-order valence-corrected chi connectivity index (χ1v) is 12.5. The Labute approximate surface area is 220 Å². The average Bonchev–Trinajstić information content (AvgIpc) is 3.39. The first-order chi connectivity index (χ1) is 18.5. The molecule has 0 radical (unpaired) electrons. The molecule has 0 aliphatic rings. The van der Waals surface area contributed by atoms with Gasteiger partial charge in [-0.1, -0.05) is 36.4 Å². The molecular formula is C31H26N6O. The molecular weight excluding hydrogens is 472 g/mol. The van der Waals surface area contributed by atoms with Crippen LogP contribution < -0.4 is 4.74 Å². The van der Waals surface area contributed by atoms with E-state index in [-0.39, 0.29) is 6.10 Å². The largest absolute Gasteiger partial charge is 0.491 e. The predicted molar refractivity (Wildman–Crippen MR) is 149 cm³/mol. The molecule has 0 saturated carbocycles. The molecule has 0 atom stereocenters. The minimum atomic E-state index is 0.146. The van der Waals surface area contributed by atoms with Crippen LogP contribution >= 0.6 is 0 Å². The molecule has 7 nitrogen and oxygen atoms in total. The molecule has 0 aliphatic heterocycles. The van der Waals surface area contributed by atoms with Gasteiger partial charge in [0.1, 0.15) is 5.75 Å². The topological polar surface area (TPSA) is 78.6 Å². The van der Waals surface area contributed by atoms with Crippen molar-refractivity contribution in [3.63, 3.8) is 0 Å². The summed E-state index contributed by atoms with van der Waals surface area (Å²) >= 11 is 0. The molecule has 0 spiro atoms. The van der Waals surface area contributed by atoms with E-state index < -0.39 is 0 Å². The summed E-state index contributed by atoms with van der Waals surface area (Å²) in [5.74, 6) is 2.89. The minimum Gasteiger partial charge on any atom is -0.491 e. The van der Waals surface area contributed by atoms with E-state index in [4.69, 9.17) is 14.8 Å². The summed E-state index contributed by atoms with van der Waals surface area (Å²) in [5, 5.41) is 4.87. The van der Waals surface area contributed by atoms with Crippen molar-refractivity contribution in [3.8, 4) is 45.5 Å². The van der Waals surface area contributed by atoms with Gasteiger partial charge in [0.05, 0.1) is 17.1 Å². The van der Waals surface area contributed by atoms with E-state index in [2.05, 4.69) is 51.4 Å². The smallest absolute Gasteiger partial charge is 0.182 e. The molecule has 0 N–H and O–H groups in total. The van der Waals surface area contributed by atoms with Crippen molar-refractivity contribution in [1.82, 2.24) is 29.7 Å². The van der Waals surface area contributed by atoms with Gasteiger partial charge in [-0.3, -0.25) is 9.97 Å². The van der Waals surface area contributed by atoms with Crippen molar-refractivity contribution in [2.75, 3.05) is 0 Å². The zero-order valence-electron chi connectivity index (χ0n) is 21.4. The predicted octanol–water partition coefficient (Wildman–Crippen LogP) is 6.70. The van der Waals surface area contributed by atoms with Crippen LogP contribution in [-0.4, -0.2) is 35.8 Å². The van der Waals surface area contributed by atoms with Gasteiger partial charge in [-0.05, 0) is 79.9 Å². The lowest BCUT2D eigenvalue weighted by Crippen LogP contribution is -2.05. The first-order valence-electron chi connectivity index (χ1n) is 12.5. The summed E-state index contributed by atoms with van der Waals surface area (Å²) in [6.45, 7) is 6.09. The van der Waals surface area contributed by atoms with E-state index in [1.807, 2.05) is 63.2 Å². The second kappa shape index (κ2) is 9.86. The maximum absolute atomic E-state index is 5.78. The van der Waals surface area contributed by atoms with Gasteiger partial charge in [-0.25, -0.2) is 9.97 Å². The minimum absolute atomic E-state index is 0.146. The van der Waals surface area contributed by atoms with Crippen LogP contribution in [0.2, 0.25) is 0 Å². The fraction of sp³-hybridized carbons (Fsp3) is 0.129. The Morgan fingerprint density at radius 2 is 1.32 bits per heavy atom. The van der Waals surface area contributed by atoms with Crippen molar-refractivity contribution in [1.29, 1.82) is 0 Å². The van der Waals surface area contributed by atoms with Crippen LogP contribution in [-0.2, 0) is 0 Å². The number of aryl methyl sites for hydroxylation is 1. The van der Waals surface area contributed by atoms with Gasteiger partial charge in [0.25, 0.3) is 0 Å². The number of ether oxygens (including phenoxy) is 1. The lowest BCUT2D eigenvalue weighted by molar-refractivity contribution is 0.242. The van der Waals surface area contributed by atoms with Gasteiger partial charge in [-0.15, -0.1) is 5.10 Å². The van der Waals surface area contributed by atoms with Crippen molar-refractivity contribution in [2.24, 2.45) is 0 Å². The third kappa shape index (κ3) is 4.74. The maximum atomic E-state index is 5.78. The third-order valence-electron chi connectivity index (χ3n) is 6.16. The normalized spacial score (nSPS) is 11.3. The first kappa shape index (κ1) is 23.5. The highest BCUT2D eigenvalue weighted by molar-refractivity contribution is 5.80. The molecule has 6 rings (SSSR count). The van der Waals surface area contributed by atoms with E-state index in [9.17, 15) is 0 Å². The van der Waals surface area contributed by atoms with Crippen LogP contribution in [0.5, 0.6) is 5.75 Å². The number of nitrogens with zero attached hydrogens (tertiary/aromatic N) is 6. The van der Waals surface area contributed by atoms with Crippen LogP contribution in [0.1, 0.15) is 19.4 Å². The van der Waals surface area contributed by atoms with E-state index in [1.54, 1.807) is 23.3 Å². The van der Waals surface area contributed by atoms with Crippen LogP contribution in [0.25, 0.3) is 50.8 Å². The fourth-order valence-electron chi connectivity index (χ4n) is 4.33. The molecule has 0 bridgehead atoms. The number of rotatable bonds is 6. The maximum Gasteiger partial charge on any atom is 0.182 e. The van der Waals surface area contributed by atoms with E-state index >= 15 is 0 Å². The summed E-state index contributed by atoms with van der Waals surface area (Å²) in [7, 11) is 0. The molecule has 186 valence electrons. The standard InChI is InChI=1S/C31H26N6O/c1-20(2)38-26-11-8-23(9-12-26)22-4-6-24(7-5-22)31-35-30(36-37(31)29-18-21(3)14-15-34-29)25-10-13-27-28(19-25)33-17-16-32-27/h4-20H,1-3H3. The molecule has 0 unspecified atom stereocenters. The molecule has 0 aliphatic carbocycles. The number of aromatic nitrogens is 6. The van der Waals surface area contributed by atoms with Crippen molar-refractivity contribution in [3.05, 3.63) is 103 Å². The molecule has 3 aromatic carbocycles. The van der Waals surface area contributed by atoms with Crippen molar-refractivity contribution >= 4 is 11.0 Å². The molecule has 3 aromatic heterocycles. The summed E-state index contributed by atoms with van der Waals surface area (Å²) in [5.41, 5.74) is 6.76. The molecule has 38 heavy (non-hydrogen) atoms. The summed E-state index contributed by atoms with van der Waals surface area (Å²) < 4.78 is 7.58. The zero-order chi connectivity index (χ0) is 26.1. The van der Waals surface area contributed by atoms with Gasteiger partial charge in [-0.2, -0.15) is 4.68 Å². The second-order valence-corrected chi connectivity index (χ2v) is 9.39. The summed E-state index contributed by atoms with van der Waals surface area (Å²) in [6.07, 6.45) is 5.31. The molecule has 6 aromatic rings. The van der Waals surface area contributed by atoms with Crippen LogP contribution in [0.3, 0.4) is 0 Å². The molecule has 7 heteroatoms. The summed E-state index contributed by atoms with van der Waals surface area (Å²) in [6, 6.07) is 26.3. The Hall–Kier alpha value is -4.91. The van der Waals surface area contributed by atoms with E-state index in [1.165, 1.54) is 0 Å². The van der Waals surface area contributed by atoms with Crippen LogP contribution in [0.15, 0.2) is 97.5 Å². The van der Waals surface area contributed by atoms with Gasteiger partial charge in [0, 0.05) is 29.7 Å². The van der Waals surface area contributed by atoms with E-state index in [0.717, 1.165) is 44.6 Å². The van der Waals surface area contributed by atoms with E-state index in [0.29, 0.717) is 17.5 Å². The Bertz CT molecular complexity index is 1720. The highest BCUT2D eigenvalue weighted by Crippen LogP contribution is 2.29. The quantitative estimate of drug-likeness (QED) is 0.254. The highest BCUT2D eigenvalue weighted by Gasteiger charge is 2.17. The summed E-state index contributed by atoms with van der Waals surface area (Å²) in [4.78, 5) is 18.3. The third-order valence-corrected chi connectivity index (χ3v) is 6.16. The van der Waals surface area contributed by atoms with Gasteiger partial charge >= 0.3 is 0 Å². The van der Waals surface area contributed by atoms with Gasteiger partial charge in [0.15, 0.2) is 17.5 Å². The molecule has 0 fully saturated rings. The lowest BCUT2D eigenvalue weighted by atomic mass is 10.0. The van der Waals surface area contributed by atoms with Gasteiger partial charge in [0.2, 0.25) is 0 Å². The molecule has 3 heterocycles. The number of pyridine rings is 1. The van der Waals surface area contributed by atoms with Crippen LogP contribution in [0, 0.1) is 6.92 Å². The Morgan fingerprint density at radius 3 is 2.03 bits per heavy atom. The Kier molecular flexibility index (Phi) is 6.09. The molecule has 0 amide bonds. The Balaban J connectivity index is 1.39. The number of hydrogen-bond acceptors (Lipinski definition) is 6. The molecule has 0 saturated heterocycles. The van der Waals surface area contributed by atoms with Crippen molar-refractivity contribution in [2.45, 2.75) is 26.9 Å². The lowest BCUT2D eigenvalue weighted by Gasteiger charge is -2.10. The number of benzene rings is 3. The van der Waals surface area contributed by atoms with Crippen molar-refractivity contribution < 1.29 is 4.74 Å². The highest BCUT2D eigenvalue weighted by atomic mass is 16.5. The number of fused-ring (bicyclic) bond motifs is 1. The Morgan fingerprint density at radius 1 is 0.658 bits per heavy atom. The second-order valence-electron chi connectivity index (χ2n) is 9.39. The zero-order valence-corrected chi connectivity index (χ0v) is 21.4. The SMILES string of the molecule is Cc1ccnc(-n2nc(-c3ccc4nccnc4c3)nc2-c2ccc(-c3ccc(OC(C)C)cc3)cc2)c1. The number of hydrogen-bond donors (Lipinski definition) is 0.